The molecule has 1 fully saturated rings. The van der Waals surface area contributed by atoms with E-state index in [0.717, 1.165) is 24.8 Å². The van der Waals surface area contributed by atoms with E-state index in [4.69, 9.17) is 5.73 Å². The van der Waals surface area contributed by atoms with Gasteiger partial charge < -0.3 is 10.8 Å². The van der Waals surface area contributed by atoms with Crippen LogP contribution in [0.25, 0.3) is 0 Å². The fourth-order valence-electron chi connectivity index (χ4n) is 2.94. The lowest BCUT2D eigenvalue weighted by Crippen LogP contribution is -2.40. The summed E-state index contributed by atoms with van der Waals surface area (Å²) in [4.78, 5) is 0. The highest BCUT2D eigenvalue weighted by Gasteiger charge is 2.40. The Morgan fingerprint density at radius 3 is 2.62 bits per heavy atom. The van der Waals surface area contributed by atoms with Crippen LogP contribution in [0, 0.1) is 5.41 Å². The number of phenolic OH excluding ortho intramolecular Hbond substituents is 1. The topological polar surface area (TPSA) is 46.2 Å². The summed E-state index contributed by atoms with van der Waals surface area (Å²) in [6.07, 6.45) is 4.21. The predicted molar refractivity (Wildman–Crippen MR) is 66.4 cm³/mol. The van der Waals surface area contributed by atoms with Gasteiger partial charge in [0.05, 0.1) is 0 Å². The maximum absolute atomic E-state index is 9.43. The lowest BCUT2D eigenvalue weighted by molar-refractivity contribution is 0.334. The van der Waals surface area contributed by atoms with Gasteiger partial charge in [-0.1, -0.05) is 26.0 Å². The summed E-state index contributed by atoms with van der Waals surface area (Å²) in [5.41, 5.74) is 7.85. The van der Waals surface area contributed by atoms with Crippen LogP contribution >= 0.6 is 0 Å². The van der Waals surface area contributed by atoms with Gasteiger partial charge in [-0.3, -0.25) is 0 Å². The molecule has 1 aromatic rings. The average Bonchev–Trinajstić information content (AvgIpc) is 2.40. The van der Waals surface area contributed by atoms with E-state index < -0.39 is 0 Å². The Labute approximate surface area is 97.5 Å². The van der Waals surface area contributed by atoms with Crippen LogP contribution in [-0.4, -0.2) is 10.6 Å². The number of hydrogen-bond donors (Lipinski definition) is 2. The second-order valence-corrected chi connectivity index (χ2v) is 6.05. The summed E-state index contributed by atoms with van der Waals surface area (Å²) in [6.45, 7) is 4.56. The molecule has 0 aromatic heterocycles. The van der Waals surface area contributed by atoms with Gasteiger partial charge in [0.25, 0.3) is 0 Å². The van der Waals surface area contributed by atoms with Crippen LogP contribution in [0.5, 0.6) is 5.75 Å². The second-order valence-electron chi connectivity index (χ2n) is 6.05. The molecule has 1 aromatic carbocycles. The van der Waals surface area contributed by atoms with Gasteiger partial charge in [0, 0.05) is 5.54 Å². The van der Waals surface area contributed by atoms with E-state index in [1.165, 1.54) is 6.42 Å². The molecule has 0 radical (unpaired) electrons. The molecule has 0 aliphatic heterocycles. The van der Waals surface area contributed by atoms with Gasteiger partial charge in [-0.25, -0.2) is 0 Å². The minimum absolute atomic E-state index is 0.0860. The fraction of sp³-hybridized carbons (Fsp3) is 0.571. The third kappa shape index (κ3) is 2.56. The second kappa shape index (κ2) is 3.77. The molecule has 0 spiro atoms. The Hall–Kier alpha value is -1.02. The maximum Gasteiger partial charge on any atom is 0.115 e. The summed E-state index contributed by atoms with van der Waals surface area (Å²) in [6, 6.07) is 7.44. The van der Waals surface area contributed by atoms with Crippen molar-refractivity contribution in [3.63, 3.8) is 0 Å². The van der Waals surface area contributed by atoms with E-state index in [0.29, 0.717) is 11.2 Å². The Balaban J connectivity index is 2.10. The van der Waals surface area contributed by atoms with Gasteiger partial charge in [-0.05, 0) is 48.8 Å². The number of nitrogens with two attached hydrogens (primary N) is 1. The third-order valence-corrected chi connectivity index (χ3v) is 3.60. The normalized spacial score (nSPS) is 28.2. The van der Waals surface area contributed by atoms with Crippen molar-refractivity contribution in [1.29, 1.82) is 0 Å². The molecule has 88 valence electrons. The van der Waals surface area contributed by atoms with E-state index in [-0.39, 0.29) is 5.54 Å². The van der Waals surface area contributed by atoms with Crippen LogP contribution in [0.2, 0.25) is 0 Å². The molecule has 2 nitrogen and oxygen atoms in total. The van der Waals surface area contributed by atoms with Gasteiger partial charge in [-0.15, -0.1) is 0 Å². The van der Waals surface area contributed by atoms with E-state index in [1.54, 1.807) is 6.07 Å². The summed E-state index contributed by atoms with van der Waals surface area (Å²) < 4.78 is 0. The fourth-order valence-corrected chi connectivity index (χ4v) is 2.94. The Kier molecular flexibility index (Phi) is 2.70. The predicted octanol–water partition coefficient (Wildman–Crippen LogP) is 2.84. The van der Waals surface area contributed by atoms with E-state index in [9.17, 15) is 5.11 Å². The minimum atomic E-state index is -0.0860. The van der Waals surface area contributed by atoms with Crippen molar-refractivity contribution in [2.45, 2.75) is 45.1 Å². The average molecular weight is 219 g/mol. The van der Waals surface area contributed by atoms with E-state index in [1.807, 2.05) is 18.2 Å². The molecule has 1 atom stereocenters. The minimum Gasteiger partial charge on any atom is -0.508 e. The molecule has 0 heterocycles. The standard InChI is InChI=1S/C14H21NO/c1-13(2)6-7-14(15,10-13)9-11-4-3-5-12(16)8-11/h3-5,8,16H,6-7,9-10,15H2,1-2H3. The molecule has 1 saturated carbocycles. The van der Waals surface area contributed by atoms with E-state index in [2.05, 4.69) is 13.8 Å². The molecule has 16 heavy (non-hydrogen) atoms. The van der Waals surface area contributed by atoms with Crippen LogP contribution in [0.15, 0.2) is 24.3 Å². The van der Waals surface area contributed by atoms with Crippen molar-refractivity contribution in [2.75, 3.05) is 0 Å². The van der Waals surface area contributed by atoms with Gasteiger partial charge in [0.15, 0.2) is 0 Å². The van der Waals surface area contributed by atoms with Gasteiger partial charge in [-0.2, -0.15) is 0 Å². The maximum atomic E-state index is 9.43. The molecular formula is C14H21NO. The third-order valence-electron chi connectivity index (χ3n) is 3.60. The monoisotopic (exact) mass is 219 g/mol. The Morgan fingerprint density at radius 1 is 1.31 bits per heavy atom. The van der Waals surface area contributed by atoms with E-state index >= 15 is 0 Å². The van der Waals surface area contributed by atoms with Crippen molar-refractivity contribution in [3.05, 3.63) is 29.8 Å². The number of hydrogen-bond acceptors (Lipinski definition) is 2. The largest absolute Gasteiger partial charge is 0.508 e. The quantitative estimate of drug-likeness (QED) is 0.803. The summed E-state index contributed by atoms with van der Waals surface area (Å²) >= 11 is 0. The molecule has 1 aliphatic rings. The van der Waals surface area contributed by atoms with Crippen molar-refractivity contribution < 1.29 is 5.11 Å². The SMILES string of the molecule is CC1(C)CCC(N)(Cc2cccc(O)c2)C1. The first-order chi connectivity index (χ1) is 7.39. The molecule has 0 bridgehead atoms. The first kappa shape index (κ1) is 11.5. The first-order valence-corrected chi connectivity index (χ1v) is 5.95. The first-order valence-electron chi connectivity index (χ1n) is 5.95. The molecule has 2 rings (SSSR count). The molecule has 0 saturated heterocycles. The highest BCUT2D eigenvalue weighted by atomic mass is 16.3. The molecule has 3 N–H and O–H groups in total. The Bertz CT molecular complexity index is 386. The Morgan fingerprint density at radius 2 is 2.06 bits per heavy atom. The number of aromatic hydroxyl groups is 1. The zero-order valence-corrected chi connectivity index (χ0v) is 10.2. The molecule has 1 aliphatic carbocycles. The van der Waals surface area contributed by atoms with Crippen LogP contribution in [0.4, 0.5) is 0 Å². The van der Waals surface area contributed by atoms with Crippen LogP contribution < -0.4 is 5.73 Å². The smallest absolute Gasteiger partial charge is 0.115 e. The number of phenols is 1. The van der Waals surface area contributed by atoms with Gasteiger partial charge in [0.1, 0.15) is 5.75 Å². The highest BCUT2D eigenvalue weighted by molar-refractivity contribution is 5.28. The molecule has 1 unspecified atom stereocenters. The zero-order chi connectivity index (χ0) is 11.8. The summed E-state index contributed by atoms with van der Waals surface area (Å²) in [7, 11) is 0. The van der Waals surface area contributed by atoms with Gasteiger partial charge >= 0.3 is 0 Å². The number of benzene rings is 1. The molecular weight excluding hydrogens is 198 g/mol. The molecule has 2 heteroatoms. The lowest BCUT2D eigenvalue weighted by atomic mass is 9.85. The van der Waals surface area contributed by atoms with Gasteiger partial charge in [0.2, 0.25) is 0 Å². The van der Waals surface area contributed by atoms with Crippen molar-refractivity contribution in [1.82, 2.24) is 0 Å². The molecule has 0 amide bonds. The van der Waals surface area contributed by atoms with Crippen LogP contribution in [0.3, 0.4) is 0 Å². The lowest BCUT2D eigenvalue weighted by Gasteiger charge is -2.26. The summed E-state index contributed by atoms with van der Waals surface area (Å²) in [5, 5.41) is 9.43. The van der Waals surface area contributed by atoms with Crippen LogP contribution in [0.1, 0.15) is 38.7 Å². The van der Waals surface area contributed by atoms with Crippen molar-refractivity contribution in [3.8, 4) is 5.75 Å². The van der Waals surface area contributed by atoms with Crippen LogP contribution in [-0.2, 0) is 6.42 Å². The summed E-state index contributed by atoms with van der Waals surface area (Å²) in [5.74, 6) is 0.332. The van der Waals surface area contributed by atoms with Crippen molar-refractivity contribution >= 4 is 0 Å². The number of rotatable bonds is 2. The van der Waals surface area contributed by atoms with Crippen molar-refractivity contribution in [2.24, 2.45) is 11.1 Å². The zero-order valence-electron chi connectivity index (χ0n) is 10.2. The highest BCUT2D eigenvalue weighted by Crippen LogP contribution is 2.43.